The molecule has 1 aromatic rings. The van der Waals surface area contributed by atoms with Gasteiger partial charge in [0.25, 0.3) is 0 Å². The molecular weight excluding hydrogens is 526 g/mol. The van der Waals surface area contributed by atoms with Crippen molar-refractivity contribution >= 4 is 51.7 Å². The molecule has 0 unspecified atom stereocenters. The monoisotopic (exact) mass is 556 g/mol. The molecule has 0 aromatic heterocycles. The number of aliphatic imine (C=N–C) groups is 1. The normalized spacial score (nSPS) is 19.3. The summed E-state index contributed by atoms with van der Waals surface area (Å²) in [5.41, 5.74) is 0.889. The summed E-state index contributed by atoms with van der Waals surface area (Å²) in [4.78, 5) is 4.65. The van der Waals surface area contributed by atoms with Crippen LogP contribution >= 0.6 is 35.7 Å². The fraction of sp³-hybridized carbons (Fsp3) is 0.632. The molecule has 0 radical (unpaired) electrons. The third-order valence-corrected chi connectivity index (χ3v) is 8.00. The van der Waals surface area contributed by atoms with E-state index in [1.54, 1.807) is 28.2 Å². The Bertz CT molecular complexity index is 797. The summed E-state index contributed by atoms with van der Waals surface area (Å²) in [6.45, 7) is 4.72. The van der Waals surface area contributed by atoms with Gasteiger partial charge >= 0.3 is 0 Å². The number of thioether (sulfide) groups is 1. The van der Waals surface area contributed by atoms with Crippen molar-refractivity contribution in [2.45, 2.75) is 25.2 Å². The van der Waals surface area contributed by atoms with E-state index in [1.807, 2.05) is 13.0 Å². The number of nitrogens with one attached hydrogen (secondary N) is 2. The minimum Gasteiger partial charge on any atom is -0.357 e. The van der Waals surface area contributed by atoms with E-state index in [0.717, 1.165) is 29.9 Å². The summed E-state index contributed by atoms with van der Waals surface area (Å²) < 4.78 is 40.0. The van der Waals surface area contributed by atoms with Crippen LogP contribution in [-0.4, -0.2) is 68.7 Å². The van der Waals surface area contributed by atoms with Crippen LogP contribution < -0.4 is 10.6 Å². The number of benzene rings is 1. The Morgan fingerprint density at radius 3 is 2.62 bits per heavy atom. The first-order chi connectivity index (χ1) is 13.5. The van der Waals surface area contributed by atoms with E-state index in [4.69, 9.17) is 0 Å². The van der Waals surface area contributed by atoms with E-state index in [1.165, 1.54) is 6.07 Å². The zero-order valence-corrected chi connectivity index (χ0v) is 20.7. The molecule has 2 fully saturated rings. The molecule has 1 aliphatic heterocycles. The van der Waals surface area contributed by atoms with Gasteiger partial charge in [-0.15, -0.1) is 24.0 Å². The zero-order valence-electron chi connectivity index (χ0n) is 16.7. The summed E-state index contributed by atoms with van der Waals surface area (Å²) in [6, 6.07) is 6.74. The van der Waals surface area contributed by atoms with E-state index in [2.05, 4.69) is 15.6 Å². The third kappa shape index (κ3) is 6.96. The average Bonchev–Trinajstić information content (AvgIpc) is 3.48. The van der Waals surface area contributed by atoms with Gasteiger partial charge in [0.15, 0.2) is 5.96 Å². The highest BCUT2D eigenvalue weighted by atomic mass is 127. The first kappa shape index (κ1) is 24.7. The Hall–Kier alpha value is -0.590. The molecule has 164 valence electrons. The summed E-state index contributed by atoms with van der Waals surface area (Å²) in [5.74, 6) is 2.16. The highest BCUT2D eigenvalue weighted by Crippen LogP contribution is 2.48. The van der Waals surface area contributed by atoms with Gasteiger partial charge in [0.2, 0.25) is 10.0 Å². The van der Waals surface area contributed by atoms with Crippen LogP contribution in [0.5, 0.6) is 0 Å². The van der Waals surface area contributed by atoms with Crippen molar-refractivity contribution in [3.05, 3.63) is 35.6 Å². The van der Waals surface area contributed by atoms with E-state index in [9.17, 15) is 12.8 Å². The molecule has 1 aromatic carbocycles. The fourth-order valence-electron chi connectivity index (χ4n) is 3.33. The predicted octanol–water partition coefficient (Wildman–Crippen LogP) is 2.41. The standard InChI is InChI=1S/C19H29FN4O2S2.HI/c1-2-21-18(22-8-13-28(25,26)24-9-11-27-12-10-24)23-15-19(6-7-19)16-4-3-5-17(20)14-16;/h3-5,14H,2,6-13,15H2,1H3,(H2,21,22,23);1H. The number of sulfonamides is 1. The number of rotatable bonds is 8. The van der Waals surface area contributed by atoms with Crippen molar-refractivity contribution in [1.82, 2.24) is 14.9 Å². The largest absolute Gasteiger partial charge is 0.357 e. The lowest BCUT2D eigenvalue weighted by Gasteiger charge is -2.25. The SMILES string of the molecule is CCNC(=NCC1(c2cccc(F)c2)CC1)NCCS(=O)(=O)N1CCSCC1.I. The van der Waals surface area contributed by atoms with Gasteiger partial charge in [-0.3, -0.25) is 4.99 Å². The van der Waals surface area contributed by atoms with Crippen LogP contribution in [0.4, 0.5) is 4.39 Å². The van der Waals surface area contributed by atoms with E-state index in [-0.39, 0.29) is 41.0 Å². The molecule has 2 aliphatic rings. The van der Waals surface area contributed by atoms with Crippen LogP contribution in [0, 0.1) is 5.82 Å². The lowest BCUT2D eigenvalue weighted by molar-refractivity contribution is 0.443. The average molecular weight is 557 g/mol. The van der Waals surface area contributed by atoms with Gasteiger partial charge in [0, 0.05) is 43.1 Å². The molecule has 3 rings (SSSR count). The third-order valence-electron chi connectivity index (χ3n) is 5.19. The predicted molar refractivity (Wildman–Crippen MR) is 129 cm³/mol. The topological polar surface area (TPSA) is 73.8 Å². The van der Waals surface area contributed by atoms with Crippen molar-refractivity contribution in [1.29, 1.82) is 0 Å². The van der Waals surface area contributed by atoms with E-state index in [0.29, 0.717) is 38.7 Å². The van der Waals surface area contributed by atoms with Crippen LogP contribution in [0.2, 0.25) is 0 Å². The van der Waals surface area contributed by atoms with Crippen molar-refractivity contribution in [2.24, 2.45) is 4.99 Å². The Balaban J connectivity index is 0.00000300. The maximum absolute atomic E-state index is 13.6. The molecule has 0 bridgehead atoms. The Morgan fingerprint density at radius 1 is 1.28 bits per heavy atom. The Morgan fingerprint density at radius 2 is 2.00 bits per heavy atom. The molecule has 0 spiro atoms. The molecule has 29 heavy (non-hydrogen) atoms. The second-order valence-electron chi connectivity index (χ2n) is 7.24. The van der Waals surface area contributed by atoms with Gasteiger partial charge in [-0.05, 0) is 37.5 Å². The summed E-state index contributed by atoms with van der Waals surface area (Å²) in [7, 11) is -3.24. The number of hydrogen-bond donors (Lipinski definition) is 2. The molecular formula is C19H30FIN4O2S2. The Kier molecular flexibility index (Phi) is 9.49. The molecule has 0 atom stereocenters. The highest BCUT2D eigenvalue weighted by molar-refractivity contribution is 14.0. The van der Waals surface area contributed by atoms with Crippen LogP contribution in [0.25, 0.3) is 0 Å². The smallest absolute Gasteiger partial charge is 0.215 e. The van der Waals surface area contributed by atoms with Crippen LogP contribution in [0.3, 0.4) is 0 Å². The zero-order chi connectivity index (χ0) is 20.0. The number of hydrogen-bond acceptors (Lipinski definition) is 4. The quantitative estimate of drug-likeness (QED) is 0.293. The van der Waals surface area contributed by atoms with Gasteiger partial charge in [0.1, 0.15) is 5.82 Å². The molecule has 10 heteroatoms. The second-order valence-corrected chi connectivity index (χ2v) is 10.6. The van der Waals surface area contributed by atoms with Gasteiger partial charge in [-0.25, -0.2) is 17.1 Å². The van der Waals surface area contributed by atoms with Crippen molar-refractivity contribution in [3.8, 4) is 0 Å². The van der Waals surface area contributed by atoms with Gasteiger partial charge in [-0.2, -0.15) is 11.8 Å². The molecule has 0 amide bonds. The van der Waals surface area contributed by atoms with Crippen LogP contribution in [0.1, 0.15) is 25.3 Å². The summed E-state index contributed by atoms with van der Waals surface area (Å²) >= 11 is 1.79. The number of guanidine groups is 1. The highest BCUT2D eigenvalue weighted by Gasteiger charge is 2.44. The summed E-state index contributed by atoms with van der Waals surface area (Å²) in [5, 5.41) is 6.30. The number of nitrogens with zero attached hydrogens (tertiary/aromatic N) is 2. The lowest BCUT2D eigenvalue weighted by Crippen LogP contribution is -2.44. The first-order valence-electron chi connectivity index (χ1n) is 9.79. The molecule has 6 nitrogen and oxygen atoms in total. The van der Waals surface area contributed by atoms with E-state index < -0.39 is 10.0 Å². The number of halogens is 2. The first-order valence-corrected chi connectivity index (χ1v) is 12.6. The molecule has 1 saturated carbocycles. The van der Waals surface area contributed by atoms with Crippen LogP contribution in [-0.2, 0) is 15.4 Å². The molecule has 1 heterocycles. The fourth-order valence-corrected chi connectivity index (χ4v) is 5.82. The molecule has 2 N–H and O–H groups in total. The van der Waals surface area contributed by atoms with Gasteiger partial charge in [-0.1, -0.05) is 12.1 Å². The van der Waals surface area contributed by atoms with Crippen molar-refractivity contribution in [3.63, 3.8) is 0 Å². The maximum Gasteiger partial charge on any atom is 0.215 e. The van der Waals surface area contributed by atoms with Crippen molar-refractivity contribution in [2.75, 3.05) is 50.0 Å². The van der Waals surface area contributed by atoms with E-state index >= 15 is 0 Å². The van der Waals surface area contributed by atoms with Gasteiger partial charge < -0.3 is 10.6 Å². The van der Waals surface area contributed by atoms with Crippen molar-refractivity contribution < 1.29 is 12.8 Å². The Labute approximate surface area is 194 Å². The summed E-state index contributed by atoms with van der Waals surface area (Å²) in [6.07, 6.45) is 1.97. The van der Waals surface area contributed by atoms with Crippen LogP contribution in [0.15, 0.2) is 29.3 Å². The maximum atomic E-state index is 13.6. The molecule has 1 aliphatic carbocycles. The van der Waals surface area contributed by atoms with Gasteiger partial charge in [0.05, 0.1) is 12.3 Å². The lowest BCUT2D eigenvalue weighted by atomic mass is 9.96. The molecule has 1 saturated heterocycles. The minimum absolute atomic E-state index is 0. The minimum atomic E-state index is -3.24. The second kappa shape index (κ2) is 11.1.